The van der Waals surface area contributed by atoms with Crippen LogP contribution in [0.25, 0.3) is 0 Å². The van der Waals surface area contributed by atoms with Crippen molar-refractivity contribution in [1.82, 2.24) is 4.90 Å². The third-order valence-corrected chi connectivity index (χ3v) is 3.34. The van der Waals surface area contributed by atoms with Crippen LogP contribution in [-0.2, 0) is 6.54 Å². The van der Waals surface area contributed by atoms with Gasteiger partial charge < -0.3 is 9.64 Å². The van der Waals surface area contributed by atoms with Gasteiger partial charge in [0.25, 0.3) is 5.91 Å². The molecule has 0 bridgehead atoms. The lowest BCUT2D eigenvalue weighted by molar-refractivity contribution is 0.0779. The number of carbonyl (C=O) groups excluding carboxylic acids is 1. The minimum absolute atomic E-state index is 0.00296. The van der Waals surface area contributed by atoms with E-state index in [2.05, 4.69) is 0 Å². The third kappa shape index (κ3) is 3.52. The number of halogens is 2. The Labute approximate surface area is 127 Å². The second kappa shape index (κ2) is 6.59. The summed E-state index contributed by atoms with van der Waals surface area (Å²) in [7, 11) is 3.18. The Kier molecular flexibility index (Phi) is 4.81. The summed E-state index contributed by atoms with van der Waals surface area (Å²) < 4.78 is 19.0. The second-order valence-corrected chi connectivity index (χ2v) is 5.03. The molecule has 5 heteroatoms. The van der Waals surface area contributed by atoms with E-state index in [4.69, 9.17) is 16.3 Å². The summed E-state index contributed by atoms with van der Waals surface area (Å²) in [6, 6.07) is 11.4. The number of carbonyl (C=O) groups is 1. The number of hydrogen-bond donors (Lipinski definition) is 0. The molecule has 2 aromatic rings. The van der Waals surface area contributed by atoms with E-state index in [0.29, 0.717) is 12.3 Å². The van der Waals surface area contributed by atoms with Gasteiger partial charge in [-0.05, 0) is 24.3 Å². The van der Waals surface area contributed by atoms with Crippen LogP contribution in [0.2, 0.25) is 5.02 Å². The van der Waals surface area contributed by atoms with Crippen LogP contribution >= 0.6 is 11.6 Å². The monoisotopic (exact) mass is 307 g/mol. The van der Waals surface area contributed by atoms with Gasteiger partial charge in [0.1, 0.15) is 11.6 Å². The van der Waals surface area contributed by atoms with Crippen LogP contribution in [0.4, 0.5) is 4.39 Å². The van der Waals surface area contributed by atoms with Crippen molar-refractivity contribution in [3.63, 3.8) is 0 Å². The number of rotatable bonds is 4. The van der Waals surface area contributed by atoms with Crippen molar-refractivity contribution < 1.29 is 13.9 Å². The first kappa shape index (κ1) is 15.3. The molecule has 2 aromatic carbocycles. The molecule has 0 heterocycles. The standard InChI is InChI=1S/C16H15ClFNO2/c1-19(10-11-5-3-4-6-15(11)21-2)16(20)13-8-7-12(17)9-14(13)18/h3-9H,10H2,1-2H3. The Morgan fingerprint density at radius 2 is 2.00 bits per heavy atom. The van der Waals surface area contributed by atoms with Crippen molar-refractivity contribution in [3.8, 4) is 5.75 Å². The summed E-state index contributed by atoms with van der Waals surface area (Å²) >= 11 is 5.69. The molecule has 2 rings (SSSR count). The maximum absolute atomic E-state index is 13.8. The molecular weight excluding hydrogens is 293 g/mol. The van der Waals surface area contributed by atoms with E-state index >= 15 is 0 Å². The molecule has 0 N–H and O–H groups in total. The zero-order valence-corrected chi connectivity index (χ0v) is 12.5. The van der Waals surface area contributed by atoms with Crippen molar-refractivity contribution in [2.75, 3.05) is 14.2 Å². The lowest BCUT2D eigenvalue weighted by Gasteiger charge is -2.19. The summed E-state index contributed by atoms with van der Waals surface area (Å²) in [6.07, 6.45) is 0. The molecule has 110 valence electrons. The van der Waals surface area contributed by atoms with Gasteiger partial charge in [0.2, 0.25) is 0 Å². The molecule has 0 aliphatic carbocycles. The number of ether oxygens (including phenoxy) is 1. The Bertz CT molecular complexity index is 660. The van der Waals surface area contributed by atoms with Gasteiger partial charge in [-0.25, -0.2) is 4.39 Å². The van der Waals surface area contributed by atoms with Crippen LogP contribution in [0.5, 0.6) is 5.75 Å². The molecular formula is C16H15ClFNO2. The highest BCUT2D eigenvalue weighted by molar-refractivity contribution is 6.30. The van der Waals surface area contributed by atoms with Crippen molar-refractivity contribution in [3.05, 3.63) is 64.4 Å². The summed E-state index contributed by atoms with van der Waals surface area (Å²) in [6.45, 7) is 0.324. The zero-order valence-electron chi connectivity index (χ0n) is 11.8. The van der Waals surface area contributed by atoms with Gasteiger partial charge in [0.05, 0.1) is 12.7 Å². The average molecular weight is 308 g/mol. The molecule has 3 nitrogen and oxygen atoms in total. The fourth-order valence-electron chi connectivity index (χ4n) is 2.03. The molecule has 0 aliphatic rings. The number of nitrogens with zero attached hydrogens (tertiary/aromatic N) is 1. The normalized spacial score (nSPS) is 10.3. The Morgan fingerprint density at radius 3 is 2.67 bits per heavy atom. The van der Waals surface area contributed by atoms with Crippen LogP contribution in [0.15, 0.2) is 42.5 Å². The van der Waals surface area contributed by atoms with Crippen LogP contribution < -0.4 is 4.74 Å². The molecule has 1 amide bonds. The SMILES string of the molecule is COc1ccccc1CN(C)C(=O)c1ccc(Cl)cc1F. The van der Waals surface area contributed by atoms with E-state index in [1.54, 1.807) is 14.2 Å². The first-order valence-corrected chi connectivity index (χ1v) is 6.73. The maximum Gasteiger partial charge on any atom is 0.256 e. The van der Waals surface area contributed by atoms with Crippen LogP contribution in [-0.4, -0.2) is 25.0 Å². The number of hydrogen-bond acceptors (Lipinski definition) is 2. The largest absolute Gasteiger partial charge is 0.496 e. The highest BCUT2D eigenvalue weighted by Gasteiger charge is 2.17. The van der Waals surface area contributed by atoms with Gasteiger partial charge >= 0.3 is 0 Å². The van der Waals surface area contributed by atoms with E-state index < -0.39 is 11.7 Å². The molecule has 0 aromatic heterocycles. The van der Waals surface area contributed by atoms with Gasteiger partial charge in [-0.2, -0.15) is 0 Å². The third-order valence-electron chi connectivity index (χ3n) is 3.11. The Balaban J connectivity index is 2.19. The van der Waals surface area contributed by atoms with Crippen LogP contribution in [0.1, 0.15) is 15.9 Å². The molecule has 0 spiro atoms. The second-order valence-electron chi connectivity index (χ2n) is 4.60. The van der Waals surface area contributed by atoms with Crippen LogP contribution in [0, 0.1) is 5.82 Å². The summed E-state index contributed by atoms with van der Waals surface area (Å²) in [4.78, 5) is 13.7. The first-order chi connectivity index (χ1) is 10.0. The van der Waals surface area contributed by atoms with E-state index in [0.717, 1.165) is 11.6 Å². The Morgan fingerprint density at radius 1 is 1.29 bits per heavy atom. The molecule has 21 heavy (non-hydrogen) atoms. The minimum atomic E-state index is -0.626. The van der Waals surface area contributed by atoms with E-state index in [1.165, 1.54) is 17.0 Å². The van der Waals surface area contributed by atoms with Crippen molar-refractivity contribution in [2.24, 2.45) is 0 Å². The van der Waals surface area contributed by atoms with Crippen molar-refractivity contribution in [2.45, 2.75) is 6.54 Å². The van der Waals surface area contributed by atoms with E-state index in [9.17, 15) is 9.18 Å². The van der Waals surface area contributed by atoms with Gasteiger partial charge in [0, 0.05) is 24.2 Å². The molecule has 0 fully saturated rings. The van der Waals surface area contributed by atoms with Gasteiger partial charge in [0.15, 0.2) is 0 Å². The fraction of sp³-hybridized carbons (Fsp3) is 0.188. The smallest absolute Gasteiger partial charge is 0.256 e. The number of para-hydroxylation sites is 1. The molecule has 0 saturated carbocycles. The van der Waals surface area contributed by atoms with Gasteiger partial charge in [-0.1, -0.05) is 29.8 Å². The highest BCUT2D eigenvalue weighted by atomic mass is 35.5. The zero-order chi connectivity index (χ0) is 15.4. The topological polar surface area (TPSA) is 29.5 Å². The lowest BCUT2D eigenvalue weighted by atomic mass is 10.1. The number of amides is 1. The quantitative estimate of drug-likeness (QED) is 0.860. The highest BCUT2D eigenvalue weighted by Crippen LogP contribution is 2.21. The predicted octanol–water partition coefficient (Wildman–Crippen LogP) is 3.76. The average Bonchev–Trinajstić information content (AvgIpc) is 2.47. The predicted molar refractivity (Wildman–Crippen MR) is 80.2 cm³/mol. The molecule has 0 radical (unpaired) electrons. The minimum Gasteiger partial charge on any atom is -0.496 e. The van der Waals surface area contributed by atoms with Crippen molar-refractivity contribution >= 4 is 17.5 Å². The number of benzene rings is 2. The fourth-order valence-corrected chi connectivity index (χ4v) is 2.19. The van der Waals surface area contributed by atoms with Gasteiger partial charge in [-0.3, -0.25) is 4.79 Å². The summed E-state index contributed by atoms with van der Waals surface area (Å²) in [5.41, 5.74) is 0.849. The Hall–Kier alpha value is -2.07. The van der Waals surface area contributed by atoms with Crippen molar-refractivity contribution in [1.29, 1.82) is 0 Å². The maximum atomic E-state index is 13.8. The summed E-state index contributed by atoms with van der Waals surface area (Å²) in [5.74, 6) is -0.344. The van der Waals surface area contributed by atoms with Gasteiger partial charge in [-0.15, -0.1) is 0 Å². The molecule has 0 saturated heterocycles. The molecule has 0 aliphatic heterocycles. The summed E-state index contributed by atoms with van der Waals surface area (Å²) in [5, 5.41) is 0.261. The lowest BCUT2D eigenvalue weighted by Crippen LogP contribution is -2.27. The van der Waals surface area contributed by atoms with E-state index in [1.807, 2.05) is 24.3 Å². The van der Waals surface area contributed by atoms with E-state index in [-0.39, 0.29) is 10.6 Å². The first-order valence-electron chi connectivity index (χ1n) is 6.35. The molecule has 0 atom stereocenters. The molecule has 0 unspecified atom stereocenters. The number of methoxy groups -OCH3 is 1. The van der Waals surface area contributed by atoms with Crippen LogP contribution in [0.3, 0.4) is 0 Å².